The molecule has 0 radical (unpaired) electrons. The van der Waals surface area contributed by atoms with Gasteiger partial charge in [0.05, 0.1) is 20.8 Å². The van der Waals surface area contributed by atoms with Gasteiger partial charge in [0.1, 0.15) is 0 Å². The van der Waals surface area contributed by atoms with E-state index in [2.05, 4.69) is 6.58 Å². The van der Waals surface area contributed by atoms with Gasteiger partial charge in [-0.1, -0.05) is 5.57 Å². The summed E-state index contributed by atoms with van der Waals surface area (Å²) >= 11 is 0. The minimum absolute atomic E-state index is 0.429. The van der Waals surface area contributed by atoms with Crippen molar-refractivity contribution in [2.45, 2.75) is 19.9 Å². The molecule has 0 heterocycles. The van der Waals surface area contributed by atoms with E-state index in [0.717, 1.165) is 17.6 Å². The van der Waals surface area contributed by atoms with Crippen molar-refractivity contribution in [3.63, 3.8) is 0 Å². The van der Waals surface area contributed by atoms with Gasteiger partial charge >= 0.3 is 0 Å². The summed E-state index contributed by atoms with van der Waals surface area (Å²) < 4.78 is 16.3. The van der Waals surface area contributed by atoms with Gasteiger partial charge in [-0.15, -0.1) is 6.58 Å². The fraction of sp³-hybridized carbons (Fsp3) is 0.429. The van der Waals surface area contributed by atoms with Gasteiger partial charge in [0.25, 0.3) is 0 Å². The maximum absolute atomic E-state index is 5.71. The van der Waals surface area contributed by atoms with Gasteiger partial charge in [-0.2, -0.15) is 0 Å². The maximum atomic E-state index is 5.71. The number of hydrogen-bond acceptors (Lipinski definition) is 4. The monoisotopic (exact) mass is 251 g/mol. The zero-order valence-electron chi connectivity index (χ0n) is 11.3. The van der Waals surface area contributed by atoms with Gasteiger partial charge in [-0.25, -0.2) is 0 Å². The first-order valence-corrected chi connectivity index (χ1v) is 5.84. The lowest BCUT2D eigenvalue weighted by atomic mass is 10.2. The quantitative estimate of drug-likeness (QED) is 0.756. The first-order valence-electron chi connectivity index (χ1n) is 5.84. The molecule has 0 aliphatic carbocycles. The second kappa shape index (κ2) is 6.91. The van der Waals surface area contributed by atoms with Gasteiger partial charge in [-0.05, 0) is 24.6 Å². The molecule has 0 saturated carbocycles. The molecule has 0 atom stereocenters. The molecule has 0 aliphatic heterocycles. The minimum atomic E-state index is 0.429. The first kappa shape index (κ1) is 14.4. The Morgan fingerprint density at radius 3 is 2.17 bits per heavy atom. The summed E-state index contributed by atoms with van der Waals surface area (Å²) in [6.45, 7) is 6.78. The van der Waals surface area contributed by atoms with Crippen LogP contribution in [0.1, 0.15) is 18.9 Å². The van der Waals surface area contributed by atoms with Gasteiger partial charge in [0.15, 0.2) is 11.5 Å². The summed E-state index contributed by atoms with van der Waals surface area (Å²) in [4.78, 5) is 0. The highest BCUT2D eigenvalue weighted by molar-refractivity contribution is 5.53. The van der Waals surface area contributed by atoms with E-state index in [1.165, 1.54) is 0 Å². The number of hydrogen-bond donors (Lipinski definition) is 1. The first-order chi connectivity index (χ1) is 8.62. The molecule has 0 unspecified atom stereocenters. The minimum Gasteiger partial charge on any atom is -0.493 e. The Labute approximate surface area is 108 Å². The van der Waals surface area contributed by atoms with Gasteiger partial charge in [0.2, 0.25) is 5.75 Å². The molecular formula is C14H21NO3. The summed E-state index contributed by atoms with van der Waals surface area (Å²) in [5.74, 6) is 1.88. The molecule has 1 aromatic carbocycles. The van der Waals surface area contributed by atoms with Gasteiger partial charge in [-0.3, -0.25) is 0 Å². The van der Waals surface area contributed by atoms with E-state index in [1.807, 2.05) is 19.1 Å². The van der Waals surface area contributed by atoms with Crippen molar-refractivity contribution in [2.75, 3.05) is 20.8 Å². The van der Waals surface area contributed by atoms with Crippen LogP contribution in [-0.2, 0) is 6.54 Å². The lowest BCUT2D eigenvalue weighted by molar-refractivity contribution is 0.277. The van der Waals surface area contributed by atoms with E-state index < -0.39 is 0 Å². The molecule has 0 saturated heterocycles. The molecule has 0 spiro atoms. The van der Waals surface area contributed by atoms with Crippen LogP contribution in [0.25, 0.3) is 0 Å². The van der Waals surface area contributed by atoms with Crippen molar-refractivity contribution in [1.82, 2.24) is 0 Å². The summed E-state index contributed by atoms with van der Waals surface area (Å²) in [5.41, 5.74) is 7.64. The molecule has 0 bridgehead atoms. The topological polar surface area (TPSA) is 53.7 Å². The number of methoxy groups -OCH3 is 2. The fourth-order valence-electron chi connectivity index (χ4n) is 1.52. The Hall–Kier alpha value is -1.68. The molecule has 4 heteroatoms. The number of benzene rings is 1. The zero-order valence-corrected chi connectivity index (χ0v) is 11.3. The highest BCUT2D eigenvalue weighted by Gasteiger charge is 2.13. The molecule has 2 N–H and O–H groups in total. The van der Waals surface area contributed by atoms with Crippen LogP contribution in [0.5, 0.6) is 17.2 Å². The van der Waals surface area contributed by atoms with E-state index >= 15 is 0 Å². The molecule has 18 heavy (non-hydrogen) atoms. The molecule has 1 rings (SSSR count). The van der Waals surface area contributed by atoms with Crippen LogP contribution in [0.4, 0.5) is 0 Å². The van der Waals surface area contributed by atoms with Crippen LogP contribution in [-0.4, -0.2) is 20.8 Å². The Kier molecular flexibility index (Phi) is 5.52. The predicted molar refractivity (Wildman–Crippen MR) is 72.4 cm³/mol. The summed E-state index contributed by atoms with van der Waals surface area (Å²) in [6.07, 6.45) is 0.797. The Morgan fingerprint density at radius 1 is 1.22 bits per heavy atom. The molecule has 4 nitrogen and oxygen atoms in total. The fourth-order valence-corrected chi connectivity index (χ4v) is 1.52. The molecule has 100 valence electrons. The standard InChI is InChI=1S/C14H21NO3/c1-10(2)5-6-18-14-12(16-3)7-11(9-15)8-13(14)17-4/h7-8H,1,5-6,9,15H2,2-4H3. The second-order valence-corrected chi connectivity index (χ2v) is 4.09. The predicted octanol–water partition coefficient (Wildman–Crippen LogP) is 2.51. The van der Waals surface area contributed by atoms with E-state index in [1.54, 1.807) is 14.2 Å². The second-order valence-electron chi connectivity index (χ2n) is 4.09. The molecule has 0 amide bonds. The normalized spacial score (nSPS) is 10.0. The third-order valence-corrected chi connectivity index (χ3v) is 2.53. The van der Waals surface area contributed by atoms with Crippen LogP contribution < -0.4 is 19.9 Å². The Bertz CT molecular complexity index is 390. The molecule has 1 aromatic rings. The highest BCUT2D eigenvalue weighted by Crippen LogP contribution is 2.38. The van der Waals surface area contributed by atoms with Crippen molar-refractivity contribution in [2.24, 2.45) is 5.73 Å². The van der Waals surface area contributed by atoms with Crippen molar-refractivity contribution in [1.29, 1.82) is 0 Å². The van der Waals surface area contributed by atoms with Crippen molar-refractivity contribution in [3.05, 3.63) is 29.8 Å². The molecule has 0 fully saturated rings. The van der Waals surface area contributed by atoms with E-state index in [4.69, 9.17) is 19.9 Å². The van der Waals surface area contributed by atoms with Gasteiger partial charge in [0, 0.05) is 13.0 Å². The Balaban J connectivity index is 2.95. The number of rotatable bonds is 7. The van der Waals surface area contributed by atoms with Crippen LogP contribution in [0.3, 0.4) is 0 Å². The Morgan fingerprint density at radius 2 is 1.78 bits per heavy atom. The maximum Gasteiger partial charge on any atom is 0.203 e. The molecular weight excluding hydrogens is 230 g/mol. The summed E-state index contributed by atoms with van der Waals surface area (Å²) in [7, 11) is 3.20. The molecule has 0 aliphatic rings. The summed E-state index contributed by atoms with van der Waals surface area (Å²) in [5, 5.41) is 0. The summed E-state index contributed by atoms with van der Waals surface area (Å²) in [6, 6.07) is 3.72. The smallest absolute Gasteiger partial charge is 0.203 e. The van der Waals surface area contributed by atoms with E-state index in [-0.39, 0.29) is 0 Å². The SMILES string of the molecule is C=C(C)CCOc1c(OC)cc(CN)cc1OC. The third kappa shape index (κ3) is 3.67. The van der Waals surface area contributed by atoms with Crippen molar-refractivity contribution < 1.29 is 14.2 Å². The van der Waals surface area contributed by atoms with Crippen molar-refractivity contribution >= 4 is 0 Å². The van der Waals surface area contributed by atoms with Crippen LogP contribution in [0.2, 0.25) is 0 Å². The lowest BCUT2D eigenvalue weighted by Crippen LogP contribution is -2.04. The van der Waals surface area contributed by atoms with Crippen LogP contribution in [0.15, 0.2) is 24.3 Å². The van der Waals surface area contributed by atoms with Crippen LogP contribution in [0, 0.1) is 0 Å². The molecule has 0 aromatic heterocycles. The van der Waals surface area contributed by atoms with E-state index in [9.17, 15) is 0 Å². The third-order valence-electron chi connectivity index (χ3n) is 2.53. The lowest BCUT2D eigenvalue weighted by Gasteiger charge is -2.15. The number of nitrogens with two attached hydrogens (primary N) is 1. The average molecular weight is 251 g/mol. The zero-order chi connectivity index (χ0) is 13.5. The number of ether oxygens (including phenoxy) is 3. The average Bonchev–Trinajstić information content (AvgIpc) is 2.37. The van der Waals surface area contributed by atoms with Crippen LogP contribution >= 0.6 is 0 Å². The van der Waals surface area contributed by atoms with Gasteiger partial charge < -0.3 is 19.9 Å². The van der Waals surface area contributed by atoms with E-state index in [0.29, 0.717) is 30.4 Å². The highest BCUT2D eigenvalue weighted by atomic mass is 16.5. The van der Waals surface area contributed by atoms with Crippen molar-refractivity contribution in [3.8, 4) is 17.2 Å². The largest absolute Gasteiger partial charge is 0.493 e.